The molecule has 1 fully saturated rings. The van der Waals surface area contributed by atoms with Gasteiger partial charge in [-0.25, -0.2) is 0 Å². The summed E-state index contributed by atoms with van der Waals surface area (Å²) in [5.74, 6) is 0.647. The zero-order valence-corrected chi connectivity index (χ0v) is 9.56. The highest BCUT2D eigenvalue weighted by Gasteiger charge is 2.42. The lowest BCUT2D eigenvalue weighted by atomic mass is 9.66. The Morgan fingerprint density at radius 2 is 2.38 bits per heavy atom. The van der Waals surface area contributed by atoms with Gasteiger partial charge in [0.25, 0.3) is 0 Å². The van der Waals surface area contributed by atoms with E-state index in [1.54, 1.807) is 0 Å². The summed E-state index contributed by atoms with van der Waals surface area (Å²) in [6.45, 7) is 1.96. The van der Waals surface area contributed by atoms with Gasteiger partial charge >= 0.3 is 0 Å². The second kappa shape index (κ2) is 3.42. The number of aromatic nitrogens is 1. The van der Waals surface area contributed by atoms with Crippen molar-refractivity contribution in [3.8, 4) is 0 Å². The minimum Gasteiger partial charge on any atom is -0.390 e. The number of pyridine rings is 1. The van der Waals surface area contributed by atoms with E-state index >= 15 is 0 Å². The normalized spacial score (nSPS) is 36.6. The van der Waals surface area contributed by atoms with Gasteiger partial charge in [-0.3, -0.25) is 4.98 Å². The number of rotatable bonds is 0. The van der Waals surface area contributed by atoms with Crippen LogP contribution < -0.4 is 0 Å². The molecule has 3 atom stereocenters. The van der Waals surface area contributed by atoms with Gasteiger partial charge in [0.15, 0.2) is 0 Å². The zero-order chi connectivity index (χ0) is 11.2. The lowest BCUT2D eigenvalue weighted by Gasteiger charge is -2.43. The van der Waals surface area contributed by atoms with E-state index in [0.717, 1.165) is 19.3 Å². The van der Waals surface area contributed by atoms with Crippen molar-refractivity contribution >= 4 is 6.08 Å². The van der Waals surface area contributed by atoms with Crippen molar-refractivity contribution in [3.05, 3.63) is 35.7 Å². The Hall–Kier alpha value is -1.15. The monoisotopic (exact) mass is 215 g/mol. The average molecular weight is 215 g/mol. The Balaban J connectivity index is 2.07. The van der Waals surface area contributed by atoms with Gasteiger partial charge in [0.05, 0.1) is 11.3 Å². The first-order valence-corrected chi connectivity index (χ1v) is 6.04. The fraction of sp³-hybridized carbons (Fsp3) is 0.500. The molecule has 0 amide bonds. The molecule has 84 valence electrons. The minimum absolute atomic E-state index is 0.239. The Morgan fingerprint density at radius 1 is 1.50 bits per heavy atom. The summed E-state index contributed by atoms with van der Waals surface area (Å²) in [4.78, 5) is 4.51. The predicted octanol–water partition coefficient (Wildman–Crippen LogP) is 2.74. The Bertz CT molecular complexity index is 436. The van der Waals surface area contributed by atoms with Gasteiger partial charge in [-0.05, 0) is 37.8 Å². The fourth-order valence-corrected chi connectivity index (χ4v) is 3.20. The summed E-state index contributed by atoms with van der Waals surface area (Å²) in [7, 11) is 0. The highest BCUT2D eigenvalue weighted by molar-refractivity contribution is 5.56. The predicted molar refractivity (Wildman–Crippen MR) is 64.0 cm³/mol. The Labute approximate surface area is 96.0 Å². The van der Waals surface area contributed by atoms with Crippen LogP contribution in [0.4, 0.5) is 0 Å². The molecule has 0 radical (unpaired) electrons. The van der Waals surface area contributed by atoms with Gasteiger partial charge in [0.1, 0.15) is 0 Å². The highest BCUT2D eigenvalue weighted by Crippen LogP contribution is 2.46. The first-order valence-electron chi connectivity index (χ1n) is 6.04. The molecule has 2 aliphatic carbocycles. The first kappa shape index (κ1) is 10.0. The second-order valence-corrected chi connectivity index (χ2v) is 5.22. The standard InChI is InChI=1S/C14H17NO/c1-14(16)8-2-5-11-12(14)7-6-10-4-3-9-15-13(10)11/h3-4,6-7,9,11-12,16H,2,5,8H2,1H3/t11-,12-,14-/m1/s1. The summed E-state index contributed by atoms with van der Waals surface area (Å²) in [5.41, 5.74) is 1.84. The van der Waals surface area contributed by atoms with E-state index in [-0.39, 0.29) is 5.92 Å². The third-order valence-electron chi connectivity index (χ3n) is 4.06. The van der Waals surface area contributed by atoms with E-state index in [1.807, 2.05) is 19.2 Å². The van der Waals surface area contributed by atoms with Crippen LogP contribution in [0.15, 0.2) is 24.4 Å². The molecule has 0 unspecified atom stereocenters. The zero-order valence-electron chi connectivity index (χ0n) is 9.56. The molecule has 1 heterocycles. The van der Waals surface area contributed by atoms with Crippen LogP contribution in [0.1, 0.15) is 43.4 Å². The molecular formula is C14H17NO. The maximum absolute atomic E-state index is 10.4. The maximum atomic E-state index is 10.4. The van der Waals surface area contributed by atoms with Crippen molar-refractivity contribution in [1.82, 2.24) is 4.98 Å². The van der Waals surface area contributed by atoms with Gasteiger partial charge in [0, 0.05) is 18.0 Å². The van der Waals surface area contributed by atoms with E-state index in [4.69, 9.17) is 0 Å². The SMILES string of the molecule is C[C@@]1(O)CCC[C@H]2c3ncccc3C=C[C@H]21. The number of hydrogen-bond donors (Lipinski definition) is 1. The molecule has 0 saturated heterocycles. The molecule has 1 N–H and O–H groups in total. The van der Waals surface area contributed by atoms with Crippen molar-refractivity contribution in [2.45, 2.75) is 37.7 Å². The van der Waals surface area contributed by atoms with Crippen LogP contribution >= 0.6 is 0 Å². The van der Waals surface area contributed by atoms with Crippen LogP contribution in [0.5, 0.6) is 0 Å². The largest absolute Gasteiger partial charge is 0.390 e. The summed E-state index contributed by atoms with van der Waals surface area (Å²) in [6, 6.07) is 4.09. The summed E-state index contributed by atoms with van der Waals surface area (Å²) in [6.07, 6.45) is 9.30. The molecule has 2 heteroatoms. The van der Waals surface area contributed by atoms with Crippen LogP contribution in [0.25, 0.3) is 6.08 Å². The Morgan fingerprint density at radius 3 is 3.25 bits per heavy atom. The van der Waals surface area contributed by atoms with Crippen LogP contribution in [-0.2, 0) is 0 Å². The van der Waals surface area contributed by atoms with Gasteiger partial charge in [0.2, 0.25) is 0 Å². The smallest absolute Gasteiger partial charge is 0.0688 e. The molecule has 0 bridgehead atoms. The molecule has 16 heavy (non-hydrogen) atoms. The van der Waals surface area contributed by atoms with Crippen molar-refractivity contribution in [2.75, 3.05) is 0 Å². The molecule has 0 aliphatic heterocycles. The average Bonchev–Trinajstić information content (AvgIpc) is 2.28. The van der Waals surface area contributed by atoms with Gasteiger partial charge in [-0.2, -0.15) is 0 Å². The summed E-state index contributed by atoms with van der Waals surface area (Å²) in [5, 5.41) is 10.4. The fourth-order valence-electron chi connectivity index (χ4n) is 3.20. The lowest BCUT2D eigenvalue weighted by molar-refractivity contribution is -0.0230. The van der Waals surface area contributed by atoms with E-state index in [9.17, 15) is 5.11 Å². The quantitative estimate of drug-likeness (QED) is 0.722. The molecular weight excluding hydrogens is 198 g/mol. The van der Waals surface area contributed by atoms with Gasteiger partial charge in [-0.1, -0.05) is 18.2 Å². The van der Waals surface area contributed by atoms with Crippen LogP contribution in [0.3, 0.4) is 0 Å². The number of nitrogens with zero attached hydrogens (tertiary/aromatic N) is 1. The van der Waals surface area contributed by atoms with Crippen LogP contribution in [-0.4, -0.2) is 15.7 Å². The molecule has 2 nitrogen and oxygen atoms in total. The molecule has 1 saturated carbocycles. The Kier molecular flexibility index (Phi) is 2.15. The van der Waals surface area contributed by atoms with Crippen molar-refractivity contribution in [1.29, 1.82) is 0 Å². The van der Waals surface area contributed by atoms with Gasteiger partial charge < -0.3 is 5.11 Å². The number of fused-ring (bicyclic) bond motifs is 3. The van der Waals surface area contributed by atoms with Gasteiger partial charge in [-0.15, -0.1) is 0 Å². The van der Waals surface area contributed by atoms with Crippen molar-refractivity contribution in [3.63, 3.8) is 0 Å². The van der Waals surface area contributed by atoms with E-state index < -0.39 is 5.60 Å². The maximum Gasteiger partial charge on any atom is 0.0688 e. The van der Waals surface area contributed by atoms with Crippen molar-refractivity contribution < 1.29 is 5.11 Å². The van der Waals surface area contributed by atoms with Crippen LogP contribution in [0.2, 0.25) is 0 Å². The molecule has 2 aliphatic rings. The van der Waals surface area contributed by atoms with E-state index in [0.29, 0.717) is 5.92 Å². The second-order valence-electron chi connectivity index (χ2n) is 5.22. The first-order chi connectivity index (χ1) is 7.68. The third-order valence-corrected chi connectivity index (χ3v) is 4.06. The number of aliphatic hydroxyl groups is 1. The van der Waals surface area contributed by atoms with E-state index in [2.05, 4.69) is 23.2 Å². The molecule has 1 aromatic heterocycles. The minimum atomic E-state index is -0.561. The topological polar surface area (TPSA) is 33.1 Å². The van der Waals surface area contributed by atoms with E-state index in [1.165, 1.54) is 11.3 Å². The molecule has 3 rings (SSSR count). The highest BCUT2D eigenvalue weighted by atomic mass is 16.3. The molecule has 1 aromatic rings. The number of hydrogen-bond acceptors (Lipinski definition) is 2. The molecule has 0 spiro atoms. The lowest BCUT2D eigenvalue weighted by Crippen LogP contribution is -2.41. The summed E-state index contributed by atoms with van der Waals surface area (Å²) < 4.78 is 0. The third kappa shape index (κ3) is 1.40. The molecule has 0 aromatic carbocycles. The van der Waals surface area contributed by atoms with Crippen molar-refractivity contribution in [2.24, 2.45) is 5.92 Å². The summed E-state index contributed by atoms with van der Waals surface area (Å²) >= 11 is 0. The van der Waals surface area contributed by atoms with Crippen LogP contribution in [0, 0.1) is 5.92 Å².